The van der Waals surface area contributed by atoms with E-state index in [2.05, 4.69) is 0 Å². The van der Waals surface area contributed by atoms with E-state index in [0.29, 0.717) is 32.6 Å². The van der Waals surface area contributed by atoms with E-state index in [-0.39, 0.29) is 17.4 Å². The molecule has 1 aliphatic heterocycles. The summed E-state index contributed by atoms with van der Waals surface area (Å²) in [6, 6.07) is 3.06. The molecule has 2 aliphatic rings. The molecule has 2 amide bonds. The molecule has 1 aromatic carbocycles. The highest BCUT2D eigenvalue weighted by Crippen LogP contribution is 2.64. The predicted molar refractivity (Wildman–Crippen MR) is 86.0 cm³/mol. The highest BCUT2D eigenvalue weighted by Gasteiger charge is 2.68. The molecule has 8 heteroatoms. The van der Waals surface area contributed by atoms with Crippen LogP contribution >= 0.6 is 23.2 Å². The third-order valence-corrected chi connectivity index (χ3v) is 5.85. The van der Waals surface area contributed by atoms with E-state index in [1.165, 1.54) is 11.0 Å². The molecule has 2 fully saturated rings. The molecule has 1 heterocycles. The lowest BCUT2D eigenvalue weighted by Gasteiger charge is -2.36. The molecule has 1 saturated carbocycles. The van der Waals surface area contributed by atoms with Gasteiger partial charge in [-0.3, -0.25) is 9.59 Å². The number of alkyl halides is 2. The molecule has 1 atom stereocenters. The molecule has 0 spiro atoms. The van der Waals surface area contributed by atoms with Crippen molar-refractivity contribution in [1.82, 2.24) is 9.80 Å². The molecular formula is C16H16Cl2F2N2O2. The van der Waals surface area contributed by atoms with Crippen molar-refractivity contribution in [1.29, 1.82) is 0 Å². The van der Waals surface area contributed by atoms with Gasteiger partial charge in [0.2, 0.25) is 5.91 Å². The quantitative estimate of drug-likeness (QED) is 0.744. The number of benzene rings is 1. The minimum atomic E-state index is -1.06. The molecule has 0 aromatic heterocycles. The Morgan fingerprint density at radius 1 is 1.04 bits per heavy atom. The fraction of sp³-hybridized carbons (Fsp3) is 0.500. The minimum absolute atomic E-state index is 0.0864. The average molecular weight is 377 g/mol. The van der Waals surface area contributed by atoms with Gasteiger partial charge in [0.05, 0.1) is 5.41 Å². The standard InChI is InChI=1S/C16H16Cl2F2N2O2/c1-15(9-16(15,17)18)14(24)22-6-4-21(5-7-22)13(23)10-2-3-11(19)12(20)8-10/h2-3,8H,4-7,9H2,1H3/t15-/m0/s1. The first-order valence-electron chi connectivity index (χ1n) is 7.57. The second-order valence-corrected chi connectivity index (χ2v) is 7.91. The van der Waals surface area contributed by atoms with E-state index in [0.717, 1.165) is 12.1 Å². The van der Waals surface area contributed by atoms with Gasteiger partial charge in [-0.15, -0.1) is 23.2 Å². The van der Waals surface area contributed by atoms with Gasteiger partial charge in [0.1, 0.15) is 4.33 Å². The maximum atomic E-state index is 13.3. The second-order valence-electron chi connectivity index (χ2n) is 6.43. The van der Waals surface area contributed by atoms with Gasteiger partial charge in [-0.25, -0.2) is 8.78 Å². The first kappa shape index (κ1) is 17.4. The lowest BCUT2D eigenvalue weighted by molar-refractivity contribution is -0.137. The number of halogens is 4. The minimum Gasteiger partial charge on any atom is -0.339 e. The van der Waals surface area contributed by atoms with Gasteiger partial charge in [0, 0.05) is 31.7 Å². The van der Waals surface area contributed by atoms with Gasteiger partial charge in [-0.2, -0.15) is 0 Å². The Kier molecular flexibility index (Phi) is 4.24. The van der Waals surface area contributed by atoms with E-state index in [9.17, 15) is 18.4 Å². The number of nitrogens with zero attached hydrogens (tertiary/aromatic N) is 2. The van der Waals surface area contributed by atoms with Crippen LogP contribution in [0.5, 0.6) is 0 Å². The lowest BCUT2D eigenvalue weighted by Crippen LogP contribution is -2.52. The Hall–Kier alpha value is -1.40. The average Bonchev–Trinajstić information content (AvgIpc) is 3.08. The van der Waals surface area contributed by atoms with E-state index in [1.807, 2.05) is 0 Å². The summed E-state index contributed by atoms with van der Waals surface area (Å²) in [5.41, 5.74) is -0.689. The molecule has 1 saturated heterocycles. The third kappa shape index (κ3) is 2.86. The normalized spacial score (nSPS) is 25.5. The summed E-state index contributed by atoms with van der Waals surface area (Å²) >= 11 is 12.1. The van der Waals surface area contributed by atoms with Crippen LogP contribution in [-0.4, -0.2) is 52.1 Å². The van der Waals surface area contributed by atoms with E-state index in [4.69, 9.17) is 23.2 Å². The maximum absolute atomic E-state index is 13.3. The molecule has 0 radical (unpaired) electrons. The van der Waals surface area contributed by atoms with E-state index in [1.54, 1.807) is 11.8 Å². The summed E-state index contributed by atoms with van der Waals surface area (Å²) in [4.78, 5) is 28.0. The summed E-state index contributed by atoms with van der Waals surface area (Å²) in [5.74, 6) is -2.56. The van der Waals surface area contributed by atoms with E-state index < -0.39 is 21.4 Å². The van der Waals surface area contributed by atoms with Gasteiger partial charge in [0.25, 0.3) is 5.91 Å². The van der Waals surface area contributed by atoms with Crippen molar-refractivity contribution in [3.63, 3.8) is 0 Å². The zero-order chi connectivity index (χ0) is 17.7. The van der Waals surface area contributed by atoms with Gasteiger partial charge < -0.3 is 9.80 Å². The number of amides is 2. The van der Waals surface area contributed by atoms with Crippen molar-refractivity contribution in [2.45, 2.75) is 17.7 Å². The Bertz CT molecular complexity index is 705. The summed E-state index contributed by atoms with van der Waals surface area (Å²) < 4.78 is 25.2. The molecule has 3 rings (SSSR count). The second kappa shape index (κ2) is 5.85. The van der Waals surface area contributed by atoms with Crippen LogP contribution in [0.3, 0.4) is 0 Å². The van der Waals surface area contributed by atoms with Crippen LogP contribution in [0, 0.1) is 17.0 Å². The van der Waals surface area contributed by atoms with Crippen molar-refractivity contribution in [3.05, 3.63) is 35.4 Å². The maximum Gasteiger partial charge on any atom is 0.254 e. The SMILES string of the molecule is C[C@@]1(C(=O)N2CCN(C(=O)c3ccc(F)c(F)c3)CC2)CC1(Cl)Cl. The highest BCUT2D eigenvalue weighted by molar-refractivity contribution is 6.53. The van der Waals surface area contributed by atoms with Gasteiger partial charge in [-0.05, 0) is 31.5 Å². The van der Waals surface area contributed by atoms with Crippen LogP contribution in [-0.2, 0) is 4.79 Å². The van der Waals surface area contributed by atoms with Crippen molar-refractivity contribution >= 4 is 35.0 Å². The zero-order valence-electron chi connectivity index (χ0n) is 13.0. The Morgan fingerprint density at radius 3 is 2.08 bits per heavy atom. The lowest BCUT2D eigenvalue weighted by atomic mass is 10.1. The molecule has 130 valence electrons. The smallest absolute Gasteiger partial charge is 0.254 e. The highest BCUT2D eigenvalue weighted by atomic mass is 35.5. The first-order chi connectivity index (χ1) is 11.2. The largest absolute Gasteiger partial charge is 0.339 e. The van der Waals surface area contributed by atoms with Crippen LogP contribution in [0.2, 0.25) is 0 Å². The predicted octanol–water partition coefficient (Wildman–Crippen LogP) is 2.83. The Labute approximate surface area is 148 Å². The summed E-state index contributed by atoms with van der Waals surface area (Å²) in [5, 5.41) is 0. The number of hydrogen-bond acceptors (Lipinski definition) is 2. The summed E-state index contributed by atoms with van der Waals surface area (Å²) in [6.45, 7) is 3.07. The van der Waals surface area contributed by atoms with Gasteiger partial charge >= 0.3 is 0 Å². The van der Waals surface area contributed by atoms with Crippen LogP contribution in [0.4, 0.5) is 8.78 Å². The van der Waals surface area contributed by atoms with Crippen molar-refractivity contribution in [3.8, 4) is 0 Å². The number of carbonyl (C=O) groups is 2. The van der Waals surface area contributed by atoms with Crippen LogP contribution in [0.25, 0.3) is 0 Å². The van der Waals surface area contributed by atoms with Crippen molar-refractivity contribution in [2.75, 3.05) is 26.2 Å². The molecule has 24 heavy (non-hydrogen) atoms. The number of rotatable bonds is 2. The Balaban J connectivity index is 1.62. The molecule has 1 aliphatic carbocycles. The molecule has 0 bridgehead atoms. The zero-order valence-corrected chi connectivity index (χ0v) is 14.5. The fourth-order valence-corrected chi connectivity index (χ4v) is 3.60. The molecule has 0 N–H and O–H groups in total. The molecule has 4 nitrogen and oxygen atoms in total. The summed E-state index contributed by atoms with van der Waals surface area (Å²) in [6.07, 6.45) is 0.413. The van der Waals surface area contributed by atoms with Gasteiger partial charge in [-0.1, -0.05) is 0 Å². The molecular weight excluding hydrogens is 361 g/mol. The van der Waals surface area contributed by atoms with Crippen LogP contribution in [0.15, 0.2) is 18.2 Å². The molecule has 0 unspecified atom stereocenters. The topological polar surface area (TPSA) is 40.6 Å². The third-order valence-electron chi connectivity index (χ3n) is 4.75. The van der Waals surface area contributed by atoms with Crippen LogP contribution in [0.1, 0.15) is 23.7 Å². The fourth-order valence-electron chi connectivity index (χ4n) is 2.91. The summed E-state index contributed by atoms with van der Waals surface area (Å²) in [7, 11) is 0. The monoisotopic (exact) mass is 376 g/mol. The number of piperazine rings is 1. The van der Waals surface area contributed by atoms with Gasteiger partial charge in [0.15, 0.2) is 11.6 Å². The van der Waals surface area contributed by atoms with E-state index >= 15 is 0 Å². The first-order valence-corrected chi connectivity index (χ1v) is 8.33. The molecule has 1 aromatic rings. The van der Waals surface area contributed by atoms with Crippen molar-refractivity contribution < 1.29 is 18.4 Å². The number of carbonyl (C=O) groups excluding carboxylic acids is 2. The Morgan fingerprint density at radius 2 is 1.58 bits per heavy atom. The van der Waals surface area contributed by atoms with Crippen molar-refractivity contribution in [2.24, 2.45) is 5.41 Å². The van der Waals surface area contributed by atoms with Crippen LogP contribution < -0.4 is 0 Å². The number of hydrogen-bond donors (Lipinski definition) is 0.